The molecular formula is C26H24N2O4S. The van der Waals surface area contributed by atoms with Crippen LogP contribution in [0.5, 0.6) is 0 Å². The van der Waals surface area contributed by atoms with E-state index < -0.39 is 10.0 Å². The van der Waals surface area contributed by atoms with Crippen LogP contribution in [-0.4, -0.2) is 14.3 Å². The van der Waals surface area contributed by atoms with Crippen molar-refractivity contribution in [3.8, 4) is 11.3 Å². The van der Waals surface area contributed by atoms with E-state index in [4.69, 9.17) is 4.42 Å². The molecule has 0 saturated carbocycles. The van der Waals surface area contributed by atoms with Crippen molar-refractivity contribution >= 4 is 27.3 Å². The lowest BCUT2D eigenvalue weighted by Gasteiger charge is -2.13. The Morgan fingerprint density at radius 1 is 0.879 bits per heavy atom. The second-order valence-electron chi connectivity index (χ2n) is 7.63. The Balaban J connectivity index is 1.38. The SMILES string of the molecule is Cc1ccc(NC(=O)CCc2ccc(-c3ccccc3)o2)cc1NS(=O)(=O)c1ccccc1. The summed E-state index contributed by atoms with van der Waals surface area (Å²) in [5, 5.41) is 2.83. The average Bonchev–Trinajstić information content (AvgIpc) is 3.30. The van der Waals surface area contributed by atoms with Crippen LogP contribution in [0.3, 0.4) is 0 Å². The molecule has 6 nitrogen and oxygen atoms in total. The molecule has 0 radical (unpaired) electrons. The zero-order chi connectivity index (χ0) is 23.3. The van der Waals surface area contributed by atoms with Gasteiger partial charge in [-0.2, -0.15) is 0 Å². The summed E-state index contributed by atoms with van der Waals surface area (Å²) in [5.41, 5.74) is 2.66. The van der Waals surface area contributed by atoms with Crippen LogP contribution < -0.4 is 10.0 Å². The van der Waals surface area contributed by atoms with Crippen molar-refractivity contribution in [2.24, 2.45) is 0 Å². The second-order valence-corrected chi connectivity index (χ2v) is 9.31. The monoisotopic (exact) mass is 460 g/mol. The maximum Gasteiger partial charge on any atom is 0.261 e. The number of sulfonamides is 1. The number of rotatable bonds is 8. The standard InChI is InChI=1S/C26H24N2O4S/c1-19-12-13-21(18-24(19)28-33(30,31)23-10-6-3-7-11-23)27-26(29)17-15-22-14-16-25(32-22)20-8-4-2-5-9-20/h2-14,16,18,28H,15,17H2,1H3,(H,27,29). The van der Waals surface area contributed by atoms with E-state index in [0.29, 0.717) is 17.8 Å². The molecule has 0 saturated heterocycles. The molecule has 0 unspecified atom stereocenters. The Morgan fingerprint density at radius 3 is 2.30 bits per heavy atom. The van der Waals surface area contributed by atoms with Gasteiger partial charge in [-0.05, 0) is 48.9 Å². The molecule has 0 bridgehead atoms. The second kappa shape index (κ2) is 9.75. The van der Waals surface area contributed by atoms with Crippen LogP contribution in [0, 0.1) is 6.92 Å². The van der Waals surface area contributed by atoms with Gasteiger partial charge in [0, 0.05) is 24.1 Å². The van der Waals surface area contributed by atoms with E-state index in [2.05, 4.69) is 10.0 Å². The first-order chi connectivity index (χ1) is 15.9. The van der Waals surface area contributed by atoms with Gasteiger partial charge in [0.05, 0.1) is 10.6 Å². The van der Waals surface area contributed by atoms with Crippen molar-refractivity contribution in [1.82, 2.24) is 0 Å². The van der Waals surface area contributed by atoms with Gasteiger partial charge in [0.2, 0.25) is 5.91 Å². The average molecular weight is 461 g/mol. The lowest BCUT2D eigenvalue weighted by atomic mass is 10.2. The maximum absolute atomic E-state index is 12.6. The first-order valence-electron chi connectivity index (χ1n) is 10.5. The Bertz CT molecular complexity index is 1350. The molecule has 0 aliphatic heterocycles. The first-order valence-corrected chi connectivity index (χ1v) is 12.0. The van der Waals surface area contributed by atoms with Crippen molar-refractivity contribution in [2.45, 2.75) is 24.7 Å². The summed E-state index contributed by atoms with van der Waals surface area (Å²) < 4.78 is 33.7. The normalized spacial score (nSPS) is 11.2. The van der Waals surface area contributed by atoms with Crippen LogP contribution in [0.1, 0.15) is 17.7 Å². The smallest absolute Gasteiger partial charge is 0.261 e. The van der Waals surface area contributed by atoms with Crippen molar-refractivity contribution in [3.63, 3.8) is 0 Å². The third kappa shape index (κ3) is 5.70. The molecule has 7 heteroatoms. The molecule has 1 aromatic heterocycles. The first kappa shape index (κ1) is 22.4. The number of hydrogen-bond donors (Lipinski definition) is 2. The van der Waals surface area contributed by atoms with Gasteiger partial charge in [-0.25, -0.2) is 8.42 Å². The zero-order valence-corrected chi connectivity index (χ0v) is 18.9. The summed E-state index contributed by atoms with van der Waals surface area (Å²) in [5.74, 6) is 1.30. The van der Waals surface area contributed by atoms with Crippen molar-refractivity contribution in [1.29, 1.82) is 0 Å². The molecule has 168 valence electrons. The topological polar surface area (TPSA) is 88.4 Å². The van der Waals surface area contributed by atoms with Crippen LogP contribution in [0.2, 0.25) is 0 Å². The van der Waals surface area contributed by atoms with Gasteiger partial charge < -0.3 is 9.73 Å². The summed E-state index contributed by atoms with van der Waals surface area (Å²) in [7, 11) is -3.72. The highest BCUT2D eigenvalue weighted by molar-refractivity contribution is 7.92. The fourth-order valence-electron chi connectivity index (χ4n) is 3.34. The van der Waals surface area contributed by atoms with Crippen molar-refractivity contribution in [2.75, 3.05) is 10.0 Å². The van der Waals surface area contributed by atoms with E-state index in [1.807, 2.05) is 42.5 Å². The molecule has 0 atom stereocenters. The molecule has 0 aliphatic rings. The minimum atomic E-state index is -3.72. The Labute approximate surface area is 193 Å². The largest absolute Gasteiger partial charge is 0.461 e. The minimum Gasteiger partial charge on any atom is -0.461 e. The van der Waals surface area contributed by atoms with Crippen molar-refractivity contribution in [3.05, 3.63) is 102 Å². The third-order valence-electron chi connectivity index (χ3n) is 5.14. The highest BCUT2D eigenvalue weighted by atomic mass is 32.2. The van der Waals surface area contributed by atoms with Crippen LogP contribution in [0.25, 0.3) is 11.3 Å². The van der Waals surface area contributed by atoms with Gasteiger partial charge in [-0.3, -0.25) is 9.52 Å². The molecule has 3 aromatic carbocycles. The molecule has 4 rings (SSSR count). The molecule has 0 spiro atoms. The van der Waals surface area contributed by atoms with E-state index in [0.717, 1.165) is 22.6 Å². The number of anilines is 2. The lowest BCUT2D eigenvalue weighted by molar-refractivity contribution is -0.116. The highest BCUT2D eigenvalue weighted by Gasteiger charge is 2.15. The van der Waals surface area contributed by atoms with E-state index in [1.165, 1.54) is 12.1 Å². The Hall–Kier alpha value is -3.84. The number of hydrogen-bond acceptors (Lipinski definition) is 4. The number of carbonyl (C=O) groups is 1. The summed E-state index contributed by atoms with van der Waals surface area (Å²) in [6.45, 7) is 1.80. The maximum atomic E-state index is 12.6. The van der Waals surface area contributed by atoms with Crippen LogP contribution in [0.15, 0.2) is 100 Å². The molecule has 2 N–H and O–H groups in total. The van der Waals surface area contributed by atoms with Crippen LogP contribution in [-0.2, 0) is 21.2 Å². The lowest BCUT2D eigenvalue weighted by Crippen LogP contribution is -2.15. The Morgan fingerprint density at radius 2 is 1.58 bits per heavy atom. The molecule has 0 aliphatic carbocycles. The van der Waals surface area contributed by atoms with Gasteiger partial charge in [0.1, 0.15) is 11.5 Å². The third-order valence-corrected chi connectivity index (χ3v) is 6.52. The number of furan rings is 1. The van der Waals surface area contributed by atoms with Crippen LogP contribution in [0.4, 0.5) is 11.4 Å². The number of benzene rings is 3. The highest BCUT2D eigenvalue weighted by Crippen LogP contribution is 2.25. The molecule has 1 heterocycles. The van der Waals surface area contributed by atoms with E-state index in [1.54, 1.807) is 43.3 Å². The number of amides is 1. The van der Waals surface area contributed by atoms with E-state index >= 15 is 0 Å². The number of carbonyl (C=O) groups excluding carboxylic acids is 1. The molecule has 4 aromatic rings. The minimum absolute atomic E-state index is 0.173. The van der Waals surface area contributed by atoms with Crippen LogP contribution >= 0.6 is 0 Å². The zero-order valence-electron chi connectivity index (χ0n) is 18.1. The molecular weight excluding hydrogens is 436 g/mol. The van der Waals surface area contributed by atoms with Gasteiger partial charge in [0.25, 0.3) is 10.0 Å². The molecule has 1 amide bonds. The van der Waals surface area contributed by atoms with Gasteiger partial charge in [-0.15, -0.1) is 0 Å². The van der Waals surface area contributed by atoms with Gasteiger partial charge >= 0.3 is 0 Å². The fraction of sp³-hybridized carbons (Fsp3) is 0.115. The number of aryl methyl sites for hydroxylation is 2. The van der Waals surface area contributed by atoms with Gasteiger partial charge in [-0.1, -0.05) is 54.6 Å². The summed E-state index contributed by atoms with van der Waals surface area (Å²) in [6, 6.07) is 26.8. The Kier molecular flexibility index (Phi) is 6.60. The van der Waals surface area contributed by atoms with E-state index in [9.17, 15) is 13.2 Å². The quantitative estimate of drug-likeness (QED) is 0.357. The van der Waals surface area contributed by atoms with Gasteiger partial charge in [0.15, 0.2) is 0 Å². The van der Waals surface area contributed by atoms with Crippen molar-refractivity contribution < 1.29 is 17.6 Å². The predicted octanol–water partition coefficient (Wildman–Crippen LogP) is 5.63. The summed E-state index contributed by atoms with van der Waals surface area (Å²) in [6.07, 6.45) is 0.693. The number of nitrogens with one attached hydrogen (secondary N) is 2. The predicted molar refractivity (Wildman–Crippen MR) is 130 cm³/mol. The molecule has 0 fully saturated rings. The summed E-state index contributed by atoms with van der Waals surface area (Å²) >= 11 is 0. The molecule has 33 heavy (non-hydrogen) atoms. The summed E-state index contributed by atoms with van der Waals surface area (Å²) in [4.78, 5) is 12.6. The van der Waals surface area contributed by atoms with E-state index in [-0.39, 0.29) is 17.2 Å². The fourth-order valence-corrected chi connectivity index (χ4v) is 4.49.